The molecule has 0 aromatic heterocycles. The van der Waals surface area contributed by atoms with Crippen LogP contribution in [0.4, 0.5) is 0 Å². The predicted molar refractivity (Wildman–Crippen MR) is 330 cm³/mol. The number of nitrogens with zero attached hydrogens (tertiary/aromatic N) is 4. The van der Waals surface area contributed by atoms with Gasteiger partial charge in [-0.2, -0.15) is 0 Å². The highest BCUT2D eigenvalue weighted by Crippen LogP contribution is 2.35. The van der Waals surface area contributed by atoms with E-state index in [-0.39, 0.29) is 108 Å². The Hall–Kier alpha value is -5.19. The normalized spacial score (nSPS) is 25.6. The van der Waals surface area contributed by atoms with E-state index in [0.29, 0.717) is 83.6 Å². The number of likely N-dealkylation sites (tertiary alicyclic amines) is 4. The van der Waals surface area contributed by atoms with Crippen LogP contribution in [-0.4, -0.2) is 278 Å². The Kier molecular flexibility index (Phi) is 35.8. The first-order chi connectivity index (χ1) is 42.1. The zero-order valence-corrected chi connectivity index (χ0v) is 52.4. The van der Waals surface area contributed by atoms with Crippen molar-refractivity contribution in [2.45, 2.75) is 170 Å². The molecule has 4 heterocycles. The quantitative estimate of drug-likeness (QED) is 0.0271. The van der Waals surface area contributed by atoms with E-state index in [1.54, 1.807) is 6.92 Å². The van der Waals surface area contributed by atoms with Crippen molar-refractivity contribution in [3.05, 3.63) is 0 Å². The maximum atomic E-state index is 12.4. The summed E-state index contributed by atoms with van der Waals surface area (Å²) in [5.41, 5.74) is 40.3. The van der Waals surface area contributed by atoms with Gasteiger partial charge in [0.25, 0.3) is 0 Å². The summed E-state index contributed by atoms with van der Waals surface area (Å²) in [7, 11) is -5.79. The molecule has 4 rings (SSSR count). The second-order valence-electron chi connectivity index (χ2n) is 25.0. The summed E-state index contributed by atoms with van der Waals surface area (Å²) in [6.45, 7) is 6.02. The number of aliphatic carboxylic acids is 5. The Balaban J connectivity index is 0.000000607. The lowest BCUT2D eigenvalue weighted by Gasteiger charge is -2.25. The van der Waals surface area contributed by atoms with Gasteiger partial charge in [-0.1, -0.05) is 46.5 Å². The van der Waals surface area contributed by atoms with Gasteiger partial charge in [-0.25, -0.2) is 0 Å². The molecular formula is C52H102B4N12O23. The Labute approximate surface area is 530 Å². The molecule has 0 spiro atoms. The lowest BCUT2D eigenvalue weighted by atomic mass is 9.78. The molecular weight excluding hydrogens is 1200 g/mol. The smallest absolute Gasteiger partial charge is 0.451 e. The van der Waals surface area contributed by atoms with Gasteiger partial charge in [0, 0.05) is 76.0 Å². The summed E-state index contributed by atoms with van der Waals surface area (Å²) >= 11 is 0. The molecule has 0 saturated carbocycles. The first-order valence-electron chi connectivity index (χ1n) is 30.6. The van der Waals surface area contributed by atoms with Gasteiger partial charge in [0.2, 0.25) is 23.6 Å². The molecule has 0 unspecified atom stereocenters. The van der Waals surface area contributed by atoms with E-state index < -0.39 is 141 Å². The molecule has 0 aliphatic carbocycles. The molecule has 4 aliphatic rings. The maximum absolute atomic E-state index is 12.4. The number of aliphatic hydroxyl groups excluding tert-OH is 1. The molecule has 39 heteroatoms. The fourth-order valence-electron chi connectivity index (χ4n) is 11.7. The van der Waals surface area contributed by atoms with Gasteiger partial charge >= 0.3 is 58.3 Å². The van der Waals surface area contributed by atoms with Crippen LogP contribution in [0.3, 0.4) is 0 Å². The average molecular weight is 1310 g/mol. The Morgan fingerprint density at radius 3 is 0.967 bits per heavy atom. The van der Waals surface area contributed by atoms with Gasteiger partial charge < -0.3 is 136 Å². The average Bonchev–Trinajstić information content (AvgIpc) is 1.91. The maximum Gasteiger partial charge on any atom is 0.451 e. The van der Waals surface area contributed by atoms with Crippen molar-refractivity contribution in [1.29, 1.82) is 0 Å². The topological polar surface area (TPSA) is 658 Å². The predicted octanol–water partition coefficient (Wildman–Crippen LogP) is -7.82. The monoisotopic (exact) mass is 1310 g/mol. The minimum atomic E-state index is -1.67. The molecule has 4 saturated heterocycles. The number of aliphatic hydroxyl groups is 1. The van der Waals surface area contributed by atoms with Crippen LogP contribution < -0.4 is 45.9 Å². The lowest BCUT2D eigenvalue weighted by molar-refractivity contribution is -0.146. The third-order valence-corrected chi connectivity index (χ3v) is 17.2. The molecule has 0 aromatic rings. The third-order valence-electron chi connectivity index (χ3n) is 17.2. The van der Waals surface area contributed by atoms with Gasteiger partial charge in [-0.3, -0.25) is 43.2 Å². The molecule has 4 fully saturated rings. The summed E-state index contributed by atoms with van der Waals surface area (Å²) in [6, 6.07) is -2.63. The van der Waals surface area contributed by atoms with Crippen molar-refractivity contribution < 1.29 is 114 Å². The van der Waals surface area contributed by atoms with Crippen molar-refractivity contribution in [2.75, 3.05) is 65.5 Å². The summed E-state index contributed by atoms with van der Waals surface area (Å²) in [5, 5.41) is 126. The fraction of sp³-hybridized carbons (Fsp3) is 0.827. The van der Waals surface area contributed by atoms with E-state index in [0.717, 1.165) is 0 Å². The molecule has 520 valence electrons. The molecule has 0 bridgehead atoms. The van der Waals surface area contributed by atoms with Crippen molar-refractivity contribution in [2.24, 2.45) is 81.4 Å². The van der Waals surface area contributed by atoms with Crippen LogP contribution >= 0.6 is 0 Å². The standard InChI is InChI=1S/C14H28BN3O5.C13H27BN4O5.C13H25BN2O6.C12H22BN3O7/c1-9(2)6-11(16)12(19)18-7-10(4-3-5-15(22)23)14(17,8-18)13(20)21;15-6-2-4-10(16)11(19)18-7-9(3-1-5-14(22)23)13(17,8-18)12(20)21;1-2-9(7-17)11(18)16-6-10(4-3-5-14(21)22)13(15,8-16)12(19)20;14-8(4-9(17)18)10(19)16-5-7(2-1-3-13(22)23)12(15,6-16)11(20)21/h9-11,22-23H,3-8,16-17H2,1-2H3,(H,20,21);9-10,22-23H,1-8,15-17H2,(H,20,21);9-10,17,21-22H,2-8,15H2,1H3,(H,19,20);7-8,22-23H,1-6,14-15H2,(H,17,18)(H,20,21)/t10-,11-,14-;2*9-,10-,13-;7-,8-,12-/m0000/s1. The van der Waals surface area contributed by atoms with Crippen molar-refractivity contribution in [1.82, 2.24) is 19.6 Å². The summed E-state index contributed by atoms with van der Waals surface area (Å²) < 4.78 is 0. The second kappa shape index (κ2) is 38.9. The second-order valence-corrected chi connectivity index (χ2v) is 25.0. The van der Waals surface area contributed by atoms with Gasteiger partial charge in [0.05, 0.1) is 37.1 Å². The number of nitrogens with two attached hydrogens (primary N) is 8. The Bertz CT molecular complexity index is 2360. The minimum absolute atomic E-state index is 0.0382. The number of rotatable bonds is 33. The molecule has 30 N–H and O–H groups in total. The van der Waals surface area contributed by atoms with E-state index >= 15 is 0 Å². The zero-order chi connectivity index (χ0) is 70.1. The highest BCUT2D eigenvalue weighted by atomic mass is 16.4. The number of hydrogen-bond acceptors (Lipinski definition) is 26. The first kappa shape index (κ1) is 83.8. The Morgan fingerprint density at radius 1 is 0.462 bits per heavy atom. The van der Waals surface area contributed by atoms with Crippen LogP contribution in [0, 0.1) is 35.5 Å². The van der Waals surface area contributed by atoms with Crippen LogP contribution in [-0.2, 0) is 43.2 Å². The molecule has 91 heavy (non-hydrogen) atoms. The number of carbonyl (C=O) groups excluding carboxylic acids is 4. The molecule has 4 aliphatic heterocycles. The number of amides is 4. The van der Waals surface area contributed by atoms with Crippen LogP contribution in [0.2, 0.25) is 25.3 Å². The fourth-order valence-corrected chi connectivity index (χ4v) is 11.7. The minimum Gasteiger partial charge on any atom is -0.481 e. The first-order valence-corrected chi connectivity index (χ1v) is 30.6. The molecule has 0 aromatic carbocycles. The van der Waals surface area contributed by atoms with E-state index in [2.05, 4.69) is 0 Å². The molecule has 0 radical (unpaired) electrons. The number of carboxylic acids is 5. The Morgan fingerprint density at radius 2 is 0.736 bits per heavy atom. The number of carboxylic acid groups (broad SMARTS) is 5. The van der Waals surface area contributed by atoms with E-state index in [1.165, 1.54) is 19.6 Å². The summed E-state index contributed by atoms with van der Waals surface area (Å²) in [6.07, 6.45) is 5.04. The van der Waals surface area contributed by atoms with Gasteiger partial charge in [0.15, 0.2) is 0 Å². The van der Waals surface area contributed by atoms with Crippen molar-refractivity contribution in [3.63, 3.8) is 0 Å². The highest BCUT2D eigenvalue weighted by molar-refractivity contribution is 6.41. The van der Waals surface area contributed by atoms with E-state index in [9.17, 15) is 68.7 Å². The van der Waals surface area contributed by atoms with Crippen LogP contribution in [0.25, 0.3) is 0 Å². The third kappa shape index (κ3) is 25.6. The molecule has 12 atom stereocenters. The van der Waals surface area contributed by atoms with Gasteiger partial charge in [-0.05, 0) is 89.1 Å². The zero-order valence-electron chi connectivity index (χ0n) is 52.4. The van der Waals surface area contributed by atoms with Crippen LogP contribution in [0.5, 0.6) is 0 Å². The molecule has 35 nitrogen and oxygen atoms in total. The van der Waals surface area contributed by atoms with Crippen LogP contribution in [0.15, 0.2) is 0 Å². The van der Waals surface area contributed by atoms with E-state index in [4.69, 9.17) is 91.2 Å². The van der Waals surface area contributed by atoms with Gasteiger partial charge in [-0.15, -0.1) is 0 Å². The summed E-state index contributed by atoms with van der Waals surface area (Å²) in [5.74, 6) is -9.74. The number of hydrogen-bond donors (Lipinski definition) is 22. The highest BCUT2D eigenvalue weighted by Gasteiger charge is 2.54. The van der Waals surface area contributed by atoms with Gasteiger partial charge in [0.1, 0.15) is 22.2 Å². The van der Waals surface area contributed by atoms with E-state index in [1.807, 2.05) is 13.8 Å². The van der Waals surface area contributed by atoms with Crippen LogP contribution in [0.1, 0.15) is 104 Å². The SMILES string of the molecule is CC(C)C[C@H](N)C(=O)N1C[C@H](CCCB(O)O)[C@](N)(C(=O)O)C1.CC[C@@H](CO)C(=O)N1C[C@H](CCCB(O)O)[C@](N)(C(=O)O)C1.NCCC[C@H](N)C(=O)N1C[C@H](CCCB(O)O)[C@](N)(C(=O)O)C1.N[C@@H](CC(=O)O)C(=O)N1C[C@H](CCCB(O)O)[C@](N)(C(=O)O)C1. The largest absolute Gasteiger partial charge is 0.481 e. The van der Waals surface area contributed by atoms with Crippen molar-refractivity contribution >= 4 is 81.9 Å². The number of carbonyl (C=O) groups is 9. The summed E-state index contributed by atoms with van der Waals surface area (Å²) in [4.78, 5) is 111. The lowest BCUT2D eigenvalue weighted by Crippen LogP contribution is -2.55. The molecule has 4 amide bonds. The van der Waals surface area contributed by atoms with Crippen molar-refractivity contribution in [3.8, 4) is 0 Å².